The van der Waals surface area contributed by atoms with Crippen LogP contribution in [0.5, 0.6) is 0 Å². The van der Waals surface area contributed by atoms with E-state index in [0.29, 0.717) is 41.6 Å². The van der Waals surface area contributed by atoms with Gasteiger partial charge >= 0.3 is 0 Å². The zero-order valence-electron chi connectivity index (χ0n) is 17.9. The van der Waals surface area contributed by atoms with E-state index in [4.69, 9.17) is 0 Å². The van der Waals surface area contributed by atoms with Crippen LogP contribution in [0.4, 0.5) is 0 Å². The fraction of sp³-hybridized carbons (Fsp3) is 0.458. The molecule has 154 valence electrons. The van der Waals surface area contributed by atoms with E-state index in [9.17, 15) is 14.4 Å². The summed E-state index contributed by atoms with van der Waals surface area (Å²) in [5, 5.41) is 0. The molecule has 1 saturated heterocycles. The van der Waals surface area contributed by atoms with Crippen molar-refractivity contribution in [2.45, 2.75) is 40.0 Å². The van der Waals surface area contributed by atoms with Gasteiger partial charge in [-0.15, -0.1) is 0 Å². The van der Waals surface area contributed by atoms with Crippen molar-refractivity contribution in [3.8, 4) is 0 Å². The van der Waals surface area contributed by atoms with Crippen molar-refractivity contribution in [2.24, 2.45) is 0 Å². The van der Waals surface area contributed by atoms with Gasteiger partial charge in [-0.05, 0) is 45.4 Å². The normalized spacial score (nSPS) is 18.7. The number of carbonyl (C=O) groups is 3. The lowest BCUT2D eigenvalue weighted by atomic mass is 9.83. The molecule has 1 aromatic rings. The molecule has 3 rings (SSSR count). The number of hydrogen-bond acceptors (Lipinski definition) is 4. The summed E-state index contributed by atoms with van der Waals surface area (Å²) in [5.74, 6) is 0.132. The molecular formula is C24H30N2O3. The Hall–Kier alpha value is -2.53. The van der Waals surface area contributed by atoms with E-state index in [2.05, 4.69) is 18.0 Å². The molecule has 0 radical (unpaired) electrons. The molecule has 0 bridgehead atoms. The molecule has 0 saturated carbocycles. The molecule has 1 aliphatic carbocycles. The first-order valence-corrected chi connectivity index (χ1v) is 10.3. The highest BCUT2D eigenvalue weighted by Gasteiger charge is 2.27. The molecule has 1 heterocycles. The predicted octanol–water partition coefficient (Wildman–Crippen LogP) is 2.74. The van der Waals surface area contributed by atoms with Crippen LogP contribution in [0.25, 0.3) is 0 Å². The zero-order chi connectivity index (χ0) is 21.1. The van der Waals surface area contributed by atoms with Gasteiger partial charge in [-0.25, -0.2) is 0 Å². The average molecular weight is 395 g/mol. The third kappa shape index (κ3) is 4.73. The van der Waals surface area contributed by atoms with Crippen LogP contribution < -0.4 is 0 Å². The third-order valence-electron chi connectivity index (χ3n) is 6.17. The van der Waals surface area contributed by atoms with Crippen LogP contribution in [-0.4, -0.2) is 60.5 Å². The van der Waals surface area contributed by atoms with Gasteiger partial charge in [0.2, 0.25) is 5.91 Å². The van der Waals surface area contributed by atoms with E-state index in [1.54, 1.807) is 20.8 Å². The molecule has 1 aliphatic heterocycles. The van der Waals surface area contributed by atoms with Crippen molar-refractivity contribution in [3.05, 3.63) is 57.7 Å². The lowest BCUT2D eigenvalue weighted by molar-refractivity contribution is -0.132. The van der Waals surface area contributed by atoms with Crippen LogP contribution in [0.3, 0.4) is 0 Å². The van der Waals surface area contributed by atoms with Crippen LogP contribution in [0.1, 0.15) is 38.3 Å². The van der Waals surface area contributed by atoms with E-state index in [1.165, 1.54) is 0 Å². The molecule has 0 atom stereocenters. The van der Waals surface area contributed by atoms with E-state index in [-0.39, 0.29) is 17.5 Å². The minimum Gasteiger partial charge on any atom is -0.340 e. The highest BCUT2D eigenvalue weighted by Crippen LogP contribution is 2.27. The summed E-state index contributed by atoms with van der Waals surface area (Å²) in [6, 6.07) is 8.01. The van der Waals surface area contributed by atoms with Gasteiger partial charge < -0.3 is 9.80 Å². The van der Waals surface area contributed by atoms with Gasteiger partial charge in [0, 0.05) is 61.3 Å². The van der Waals surface area contributed by atoms with Crippen molar-refractivity contribution < 1.29 is 14.4 Å². The van der Waals surface area contributed by atoms with Gasteiger partial charge in [0.25, 0.3) is 0 Å². The Morgan fingerprint density at radius 2 is 1.52 bits per heavy atom. The zero-order valence-corrected chi connectivity index (χ0v) is 17.9. The first kappa shape index (κ1) is 21.2. The molecule has 1 amide bonds. The van der Waals surface area contributed by atoms with E-state index < -0.39 is 0 Å². The number of aryl methyl sites for hydroxylation is 1. The Bertz CT molecular complexity index is 902. The number of amides is 1. The summed E-state index contributed by atoms with van der Waals surface area (Å²) in [4.78, 5) is 41.7. The number of likely N-dealkylation sites (N-methyl/N-ethyl adjacent to an activating group) is 1. The molecule has 0 unspecified atom stereocenters. The second-order valence-corrected chi connectivity index (χ2v) is 8.19. The molecule has 0 aromatic heterocycles. The lowest BCUT2D eigenvalue weighted by Crippen LogP contribution is -2.47. The number of allylic oxidation sites excluding steroid dienone is 4. The van der Waals surface area contributed by atoms with Gasteiger partial charge in [0.15, 0.2) is 11.6 Å². The van der Waals surface area contributed by atoms with Crippen LogP contribution in [0, 0.1) is 0 Å². The summed E-state index contributed by atoms with van der Waals surface area (Å²) in [6.07, 6.45) is 1.62. The molecule has 0 N–H and O–H groups in total. The number of carbonyl (C=O) groups excluding carboxylic acids is 3. The maximum Gasteiger partial charge on any atom is 0.222 e. The highest BCUT2D eigenvalue weighted by atomic mass is 16.2. The number of piperazine rings is 1. The second kappa shape index (κ2) is 8.87. The molecule has 29 heavy (non-hydrogen) atoms. The number of nitrogens with zero attached hydrogens (tertiary/aromatic N) is 2. The monoisotopic (exact) mass is 394 g/mol. The Labute approximate surface area is 173 Å². The van der Waals surface area contributed by atoms with Crippen molar-refractivity contribution in [1.82, 2.24) is 9.80 Å². The average Bonchev–Trinajstić information content (AvgIpc) is 2.73. The standard InChI is InChI=1S/C24H30N2O3/c1-16-17(2)24(29)21(18(3)23(16)28)15-20-7-5-6-19(14-20)8-9-22(27)26-12-10-25(4)11-13-26/h5-7,14H,8-13,15H2,1-4H3. The SMILES string of the molecule is CC1=C(C)C(=O)C(Cc2cccc(CCC(=O)N3CCN(C)CC3)c2)=C(C)C1=O. The predicted molar refractivity (Wildman–Crippen MR) is 114 cm³/mol. The minimum absolute atomic E-state index is 0.0322. The van der Waals surface area contributed by atoms with Crippen LogP contribution in [0.15, 0.2) is 46.6 Å². The lowest BCUT2D eigenvalue weighted by Gasteiger charge is -2.32. The maximum absolute atomic E-state index is 12.7. The summed E-state index contributed by atoms with van der Waals surface area (Å²) >= 11 is 0. The second-order valence-electron chi connectivity index (χ2n) is 8.19. The molecule has 1 aromatic carbocycles. The van der Waals surface area contributed by atoms with Gasteiger partial charge in [-0.3, -0.25) is 14.4 Å². The molecule has 2 aliphatic rings. The molecular weight excluding hydrogens is 364 g/mol. The van der Waals surface area contributed by atoms with Gasteiger partial charge in [-0.1, -0.05) is 24.3 Å². The van der Waals surface area contributed by atoms with Crippen molar-refractivity contribution in [1.29, 1.82) is 0 Å². The quantitative estimate of drug-likeness (QED) is 0.721. The number of benzene rings is 1. The van der Waals surface area contributed by atoms with Crippen LogP contribution >= 0.6 is 0 Å². The fourth-order valence-corrected chi connectivity index (χ4v) is 3.93. The Kier molecular flexibility index (Phi) is 6.48. The summed E-state index contributed by atoms with van der Waals surface area (Å²) in [5.41, 5.74) is 4.31. The van der Waals surface area contributed by atoms with Crippen LogP contribution in [-0.2, 0) is 27.2 Å². The van der Waals surface area contributed by atoms with Gasteiger partial charge in [0.05, 0.1) is 0 Å². The van der Waals surface area contributed by atoms with Crippen molar-refractivity contribution in [2.75, 3.05) is 33.2 Å². The number of rotatable bonds is 5. The van der Waals surface area contributed by atoms with Gasteiger partial charge in [0.1, 0.15) is 0 Å². The molecule has 1 fully saturated rings. The summed E-state index contributed by atoms with van der Waals surface area (Å²) in [7, 11) is 2.08. The topological polar surface area (TPSA) is 57.7 Å². The first-order chi connectivity index (χ1) is 13.8. The molecule has 5 heteroatoms. The largest absolute Gasteiger partial charge is 0.340 e. The summed E-state index contributed by atoms with van der Waals surface area (Å²) in [6.45, 7) is 8.63. The van der Waals surface area contributed by atoms with E-state index in [1.807, 2.05) is 23.1 Å². The smallest absolute Gasteiger partial charge is 0.222 e. The highest BCUT2D eigenvalue weighted by molar-refractivity contribution is 6.24. The van der Waals surface area contributed by atoms with Crippen molar-refractivity contribution >= 4 is 17.5 Å². The number of Topliss-reactive ketones (excluding diaryl/α,β-unsaturated/α-hetero) is 2. The van der Waals surface area contributed by atoms with E-state index in [0.717, 1.165) is 37.3 Å². The number of ketones is 2. The Morgan fingerprint density at radius 1 is 0.897 bits per heavy atom. The Morgan fingerprint density at radius 3 is 2.21 bits per heavy atom. The summed E-state index contributed by atoms with van der Waals surface area (Å²) < 4.78 is 0. The third-order valence-corrected chi connectivity index (χ3v) is 6.17. The fourth-order valence-electron chi connectivity index (χ4n) is 3.93. The first-order valence-electron chi connectivity index (χ1n) is 10.3. The molecule has 0 spiro atoms. The Balaban J connectivity index is 1.65. The van der Waals surface area contributed by atoms with E-state index >= 15 is 0 Å². The van der Waals surface area contributed by atoms with Crippen LogP contribution in [0.2, 0.25) is 0 Å². The number of hydrogen-bond donors (Lipinski definition) is 0. The van der Waals surface area contributed by atoms with Crippen molar-refractivity contribution in [3.63, 3.8) is 0 Å². The minimum atomic E-state index is -0.0361. The molecule has 5 nitrogen and oxygen atoms in total. The maximum atomic E-state index is 12.7. The van der Waals surface area contributed by atoms with Gasteiger partial charge in [-0.2, -0.15) is 0 Å².